The molecule has 4 heteroatoms. The van der Waals surface area contributed by atoms with Crippen molar-refractivity contribution in [3.8, 4) is 0 Å². The Balaban J connectivity index is 1.84. The van der Waals surface area contributed by atoms with Crippen LogP contribution in [0.2, 0.25) is 0 Å². The van der Waals surface area contributed by atoms with E-state index < -0.39 is 9.84 Å². The smallest absolute Gasteiger partial charge is 0.187 e. The Morgan fingerprint density at radius 2 is 1.44 bits per heavy atom. The van der Waals surface area contributed by atoms with Crippen LogP contribution in [0.25, 0.3) is 42.4 Å². The highest BCUT2D eigenvalue weighted by Crippen LogP contribution is 2.38. The van der Waals surface area contributed by atoms with E-state index in [1.165, 1.54) is 38.3 Å². The van der Waals surface area contributed by atoms with E-state index in [4.69, 9.17) is 0 Å². The lowest BCUT2D eigenvalue weighted by molar-refractivity contribution is 0.597. The molecule has 5 rings (SSSR count). The number of hydrogen-bond donors (Lipinski definition) is 0. The lowest BCUT2D eigenvalue weighted by Gasteiger charge is -2.07. The molecule has 0 bridgehead atoms. The lowest BCUT2D eigenvalue weighted by atomic mass is 9.97. The fourth-order valence-electron chi connectivity index (χ4n) is 3.85. The highest BCUT2D eigenvalue weighted by molar-refractivity contribution is 7.93. The molecule has 0 aliphatic heterocycles. The molecule has 0 N–H and O–H groups in total. The summed E-state index contributed by atoms with van der Waals surface area (Å²) in [5, 5.41) is 8.17. The topological polar surface area (TPSA) is 34.1 Å². The third-order valence-corrected chi connectivity index (χ3v) is 8.72. The monoisotopic (exact) mass is 390 g/mol. The van der Waals surface area contributed by atoms with Gasteiger partial charge in [0.25, 0.3) is 0 Å². The van der Waals surface area contributed by atoms with Gasteiger partial charge < -0.3 is 0 Å². The van der Waals surface area contributed by atoms with Gasteiger partial charge in [0.1, 0.15) is 4.21 Å². The van der Waals surface area contributed by atoms with Gasteiger partial charge in [-0.3, -0.25) is 0 Å². The van der Waals surface area contributed by atoms with Crippen molar-refractivity contribution in [1.82, 2.24) is 0 Å². The van der Waals surface area contributed by atoms with E-state index in [0.717, 1.165) is 15.5 Å². The molecule has 0 radical (unpaired) electrons. The third-order valence-electron chi connectivity index (χ3n) is 5.14. The van der Waals surface area contributed by atoms with E-state index in [-0.39, 0.29) is 5.75 Å². The van der Waals surface area contributed by atoms with Crippen LogP contribution in [-0.4, -0.2) is 14.2 Å². The maximum atomic E-state index is 12.5. The number of thiophene rings is 1. The standard InChI is InChI=1S/C23H18O2S2/c1-2-11-27(24,25)23-14-21-19-8-7-17-12-15-5-3-4-6-16(15)13-20(17)18(19)9-10-22(21)26-23/h3-10,12-14H,2,11H2,1H3. The first kappa shape index (κ1) is 16.7. The molecule has 0 atom stereocenters. The van der Waals surface area contributed by atoms with Crippen LogP contribution >= 0.6 is 11.3 Å². The summed E-state index contributed by atoms with van der Waals surface area (Å²) in [5.41, 5.74) is 0. The second-order valence-corrected chi connectivity index (χ2v) is 10.4. The van der Waals surface area contributed by atoms with Gasteiger partial charge in [-0.1, -0.05) is 49.4 Å². The number of fused-ring (bicyclic) bond motifs is 6. The molecule has 0 aliphatic rings. The minimum atomic E-state index is -3.19. The molecule has 27 heavy (non-hydrogen) atoms. The van der Waals surface area contributed by atoms with E-state index in [1.807, 2.05) is 13.0 Å². The van der Waals surface area contributed by atoms with E-state index in [2.05, 4.69) is 60.7 Å². The maximum absolute atomic E-state index is 12.5. The van der Waals surface area contributed by atoms with Crippen LogP contribution in [0.3, 0.4) is 0 Å². The third kappa shape index (κ3) is 2.63. The van der Waals surface area contributed by atoms with Crippen LogP contribution in [0.5, 0.6) is 0 Å². The second-order valence-electron chi connectivity index (χ2n) is 6.94. The predicted molar refractivity (Wildman–Crippen MR) is 117 cm³/mol. The summed E-state index contributed by atoms with van der Waals surface area (Å²) in [5.74, 6) is 0.201. The summed E-state index contributed by atoms with van der Waals surface area (Å²) in [6.45, 7) is 1.90. The molecule has 0 spiro atoms. The molecule has 5 aromatic rings. The highest BCUT2D eigenvalue weighted by Gasteiger charge is 2.18. The zero-order chi connectivity index (χ0) is 18.6. The molecule has 0 unspecified atom stereocenters. The van der Waals surface area contributed by atoms with E-state index in [9.17, 15) is 8.42 Å². The lowest BCUT2D eigenvalue weighted by Crippen LogP contribution is -2.03. The zero-order valence-electron chi connectivity index (χ0n) is 14.9. The Morgan fingerprint density at radius 1 is 0.741 bits per heavy atom. The van der Waals surface area contributed by atoms with Crippen molar-refractivity contribution in [3.05, 3.63) is 66.7 Å². The van der Waals surface area contributed by atoms with Gasteiger partial charge in [-0.25, -0.2) is 8.42 Å². The van der Waals surface area contributed by atoms with Crippen LogP contribution in [0.15, 0.2) is 70.9 Å². The summed E-state index contributed by atoms with van der Waals surface area (Å²) in [6.07, 6.45) is 0.634. The molecule has 2 nitrogen and oxygen atoms in total. The van der Waals surface area contributed by atoms with E-state index >= 15 is 0 Å². The molecule has 1 aromatic heterocycles. The maximum Gasteiger partial charge on any atom is 0.187 e. The van der Waals surface area contributed by atoms with Crippen molar-refractivity contribution in [2.24, 2.45) is 0 Å². The normalized spacial score (nSPS) is 12.5. The molecular formula is C23H18O2S2. The van der Waals surface area contributed by atoms with Crippen LogP contribution in [0.4, 0.5) is 0 Å². The van der Waals surface area contributed by atoms with Crippen molar-refractivity contribution >= 4 is 63.6 Å². The summed E-state index contributed by atoms with van der Waals surface area (Å²) in [6, 6.07) is 23.1. The minimum Gasteiger partial charge on any atom is -0.223 e. The molecule has 4 aromatic carbocycles. The van der Waals surface area contributed by atoms with Crippen LogP contribution in [-0.2, 0) is 9.84 Å². The zero-order valence-corrected chi connectivity index (χ0v) is 16.5. The minimum absolute atomic E-state index is 0.201. The van der Waals surface area contributed by atoms with Gasteiger partial charge in [0, 0.05) is 10.1 Å². The molecular weight excluding hydrogens is 372 g/mol. The molecule has 134 valence electrons. The molecule has 0 saturated carbocycles. The van der Waals surface area contributed by atoms with E-state index in [1.54, 1.807) is 0 Å². The van der Waals surface area contributed by atoms with Gasteiger partial charge in [0.2, 0.25) is 0 Å². The predicted octanol–water partition coefficient (Wildman–Crippen LogP) is 6.54. The van der Waals surface area contributed by atoms with Gasteiger partial charge in [-0.2, -0.15) is 0 Å². The Bertz CT molecular complexity index is 1440. The Hall–Kier alpha value is -2.43. The second kappa shape index (κ2) is 6.04. The fourth-order valence-corrected chi connectivity index (χ4v) is 6.72. The van der Waals surface area contributed by atoms with Crippen molar-refractivity contribution < 1.29 is 8.42 Å². The molecule has 0 aliphatic carbocycles. The molecule has 1 heterocycles. The van der Waals surface area contributed by atoms with Crippen molar-refractivity contribution in [2.45, 2.75) is 17.6 Å². The van der Waals surface area contributed by atoms with Gasteiger partial charge in [-0.15, -0.1) is 11.3 Å². The molecule has 0 amide bonds. The van der Waals surface area contributed by atoms with Gasteiger partial charge in [0.15, 0.2) is 9.84 Å². The highest BCUT2D eigenvalue weighted by atomic mass is 32.2. The summed E-state index contributed by atoms with van der Waals surface area (Å²) < 4.78 is 26.5. The van der Waals surface area contributed by atoms with Crippen molar-refractivity contribution in [1.29, 1.82) is 0 Å². The molecule has 0 saturated heterocycles. The van der Waals surface area contributed by atoms with Gasteiger partial charge >= 0.3 is 0 Å². The Kier molecular flexibility index (Phi) is 3.74. The summed E-state index contributed by atoms with van der Waals surface area (Å²) in [7, 11) is -3.19. The first-order valence-electron chi connectivity index (χ1n) is 9.07. The Labute approximate surface area is 162 Å². The average Bonchev–Trinajstić information content (AvgIpc) is 3.12. The first-order chi connectivity index (χ1) is 13.1. The summed E-state index contributed by atoms with van der Waals surface area (Å²) >= 11 is 1.38. The largest absolute Gasteiger partial charge is 0.223 e. The van der Waals surface area contributed by atoms with Gasteiger partial charge in [-0.05, 0) is 63.0 Å². The number of benzene rings is 4. The van der Waals surface area contributed by atoms with E-state index in [0.29, 0.717) is 10.6 Å². The summed E-state index contributed by atoms with van der Waals surface area (Å²) in [4.78, 5) is 0. The quantitative estimate of drug-likeness (QED) is 0.259. The van der Waals surface area contributed by atoms with Crippen LogP contribution < -0.4 is 0 Å². The van der Waals surface area contributed by atoms with Crippen LogP contribution in [0.1, 0.15) is 13.3 Å². The number of sulfone groups is 1. The van der Waals surface area contributed by atoms with Gasteiger partial charge in [0.05, 0.1) is 5.75 Å². The van der Waals surface area contributed by atoms with Crippen molar-refractivity contribution in [2.75, 3.05) is 5.75 Å². The first-order valence-corrected chi connectivity index (χ1v) is 11.5. The number of hydrogen-bond acceptors (Lipinski definition) is 3. The van der Waals surface area contributed by atoms with Crippen molar-refractivity contribution in [3.63, 3.8) is 0 Å². The average molecular weight is 391 g/mol. The number of rotatable bonds is 3. The SMILES string of the molecule is CCCS(=O)(=O)c1cc2c(ccc3c4cc5ccccc5cc4ccc23)s1. The Morgan fingerprint density at radius 3 is 2.22 bits per heavy atom. The van der Waals surface area contributed by atoms with Crippen LogP contribution in [0, 0.1) is 0 Å². The fraction of sp³-hybridized carbons (Fsp3) is 0.130. The molecule has 0 fully saturated rings.